The predicted octanol–water partition coefficient (Wildman–Crippen LogP) is 1.21. The van der Waals surface area contributed by atoms with E-state index < -0.39 is 6.04 Å². The maximum absolute atomic E-state index is 12.0. The molecular weight excluding hydrogens is 242 g/mol. The maximum atomic E-state index is 12.0. The van der Waals surface area contributed by atoms with Gasteiger partial charge >= 0.3 is 0 Å². The lowest BCUT2D eigenvalue weighted by Gasteiger charge is -2.14. The van der Waals surface area contributed by atoms with E-state index >= 15 is 0 Å². The summed E-state index contributed by atoms with van der Waals surface area (Å²) >= 11 is 0. The summed E-state index contributed by atoms with van der Waals surface area (Å²) in [6.45, 7) is 2.45. The van der Waals surface area contributed by atoms with Gasteiger partial charge in [-0.3, -0.25) is 9.59 Å². The van der Waals surface area contributed by atoms with Gasteiger partial charge in [-0.05, 0) is 44.6 Å². The van der Waals surface area contributed by atoms with Crippen LogP contribution in [-0.4, -0.2) is 22.2 Å². The monoisotopic (exact) mass is 261 g/mol. The standard InChI is InChI=1S/C14H19N3O2/c1-9(14(19)15-8-10-2-3-10)17-13(18)7-6-12(16-17)11-4-5-11/h6-7,9-11H,2-5,8H2,1H3,(H,15,19). The first-order valence-corrected chi connectivity index (χ1v) is 7.02. The summed E-state index contributed by atoms with van der Waals surface area (Å²) in [5.74, 6) is 1.00. The predicted molar refractivity (Wildman–Crippen MR) is 70.9 cm³/mol. The third kappa shape index (κ3) is 2.85. The zero-order valence-electron chi connectivity index (χ0n) is 11.1. The lowest BCUT2D eigenvalue weighted by Crippen LogP contribution is -2.38. The second kappa shape index (κ2) is 4.79. The van der Waals surface area contributed by atoms with Crippen LogP contribution in [0.25, 0.3) is 0 Å². The van der Waals surface area contributed by atoms with Crippen molar-refractivity contribution in [2.24, 2.45) is 5.92 Å². The molecule has 2 aliphatic rings. The Bertz CT molecular complexity index is 544. The molecule has 2 saturated carbocycles. The van der Waals surface area contributed by atoms with Crippen LogP contribution in [0, 0.1) is 5.92 Å². The molecule has 1 aromatic rings. The van der Waals surface area contributed by atoms with Gasteiger partial charge in [0.2, 0.25) is 5.91 Å². The molecule has 102 valence electrons. The van der Waals surface area contributed by atoms with Crippen LogP contribution in [0.4, 0.5) is 0 Å². The van der Waals surface area contributed by atoms with Gasteiger partial charge in [-0.2, -0.15) is 5.10 Å². The Labute approximate surface area is 112 Å². The summed E-state index contributed by atoms with van der Waals surface area (Å²) < 4.78 is 1.32. The van der Waals surface area contributed by atoms with Crippen LogP contribution in [-0.2, 0) is 4.79 Å². The molecule has 0 aromatic carbocycles. The molecule has 0 bridgehead atoms. The molecule has 0 radical (unpaired) electrons. The van der Waals surface area contributed by atoms with Gasteiger partial charge in [-0.1, -0.05) is 0 Å². The molecule has 19 heavy (non-hydrogen) atoms. The fourth-order valence-electron chi connectivity index (χ4n) is 2.14. The van der Waals surface area contributed by atoms with Crippen molar-refractivity contribution in [2.45, 2.75) is 44.6 Å². The number of hydrogen-bond acceptors (Lipinski definition) is 3. The third-order valence-electron chi connectivity index (χ3n) is 3.85. The minimum absolute atomic E-state index is 0.116. The second-order valence-corrected chi connectivity index (χ2v) is 5.68. The number of carbonyl (C=O) groups is 1. The number of nitrogens with one attached hydrogen (secondary N) is 1. The molecule has 1 amide bonds. The minimum Gasteiger partial charge on any atom is -0.354 e. The van der Waals surface area contributed by atoms with Crippen LogP contribution in [0.3, 0.4) is 0 Å². The molecule has 0 saturated heterocycles. The molecule has 1 unspecified atom stereocenters. The zero-order chi connectivity index (χ0) is 13.4. The Morgan fingerprint density at radius 2 is 2.16 bits per heavy atom. The van der Waals surface area contributed by atoms with Crippen LogP contribution in [0.1, 0.15) is 50.3 Å². The summed E-state index contributed by atoms with van der Waals surface area (Å²) in [4.78, 5) is 23.8. The van der Waals surface area contributed by atoms with Crippen LogP contribution in [0.15, 0.2) is 16.9 Å². The quantitative estimate of drug-likeness (QED) is 0.866. The van der Waals surface area contributed by atoms with Crippen molar-refractivity contribution in [2.75, 3.05) is 6.54 Å². The average Bonchev–Trinajstić information content (AvgIpc) is 3.28. The van der Waals surface area contributed by atoms with E-state index in [1.807, 2.05) is 0 Å². The summed E-state index contributed by atoms with van der Waals surface area (Å²) in [7, 11) is 0. The summed E-state index contributed by atoms with van der Waals surface area (Å²) in [6, 6.07) is 2.77. The minimum atomic E-state index is -0.537. The molecule has 5 heteroatoms. The van der Waals surface area contributed by atoms with Crippen molar-refractivity contribution in [1.82, 2.24) is 15.1 Å². The van der Waals surface area contributed by atoms with E-state index in [1.165, 1.54) is 23.6 Å². The molecule has 0 spiro atoms. The Morgan fingerprint density at radius 1 is 1.42 bits per heavy atom. The van der Waals surface area contributed by atoms with E-state index in [9.17, 15) is 9.59 Å². The van der Waals surface area contributed by atoms with Gasteiger partial charge in [-0.15, -0.1) is 0 Å². The number of nitrogens with zero attached hydrogens (tertiary/aromatic N) is 2. The maximum Gasteiger partial charge on any atom is 0.267 e. The highest BCUT2D eigenvalue weighted by Gasteiger charge is 2.27. The molecule has 1 atom stereocenters. The smallest absolute Gasteiger partial charge is 0.267 e. The lowest BCUT2D eigenvalue weighted by atomic mass is 10.2. The van der Waals surface area contributed by atoms with Crippen molar-refractivity contribution in [3.05, 3.63) is 28.2 Å². The molecule has 2 aliphatic carbocycles. The summed E-state index contributed by atoms with van der Waals surface area (Å²) in [5, 5.41) is 7.24. The largest absolute Gasteiger partial charge is 0.354 e. The number of amides is 1. The van der Waals surface area contributed by atoms with Crippen LogP contribution >= 0.6 is 0 Å². The van der Waals surface area contributed by atoms with Gasteiger partial charge in [0.1, 0.15) is 6.04 Å². The topological polar surface area (TPSA) is 64.0 Å². The normalized spacial score (nSPS) is 20.1. The van der Waals surface area contributed by atoms with Gasteiger partial charge in [0.25, 0.3) is 5.56 Å². The number of hydrogen-bond donors (Lipinski definition) is 1. The molecule has 0 aliphatic heterocycles. The van der Waals surface area contributed by atoms with Crippen molar-refractivity contribution >= 4 is 5.91 Å². The lowest BCUT2D eigenvalue weighted by molar-refractivity contribution is -0.124. The van der Waals surface area contributed by atoms with Gasteiger partial charge < -0.3 is 5.32 Å². The van der Waals surface area contributed by atoms with Crippen molar-refractivity contribution in [1.29, 1.82) is 0 Å². The molecule has 2 fully saturated rings. The number of carbonyl (C=O) groups excluding carboxylic acids is 1. The van der Waals surface area contributed by atoms with Gasteiger partial charge in [-0.25, -0.2) is 4.68 Å². The third-order valence-corrected chi connectivity index (χ3v) is 3.85. The number of rotatable bonds is 5. The second-order valence-electron chi connectivity index (χ2n) is 5.68. The molecule has 5 nitrogen and oxygen atoms in total. The van der Waals surface area contributed by atoms with Crippen molar-refractivity contribution < 1.29 is 4.79 Å². The Morgan fingerprint density at radius 3 is 2.79 bits per heavy atom. The van der Waals surface area contributed by atoms with E-state index in [4.69, 9.17) is 0 Å². The van der Waals surface area contributed by atoms with E-state index in [-0.39, 0.29) is 11.5 Å². The number of aromatic nitrogens is 2. The van der Waals surface area contributed by atoms with Gasteiger partial charge in [0, 0.05) is 18.5 Å². The molecule has 1 heterocycles. The first-order chi connectivity index (χ1) is 9.15. The zero-order valence-corrected chi connectivity index (χ0v) is 11.1. The van der Waals surface area contributed by atoms with Crippen LogP contribution in [0.2, 0.25) is 0 Å². The Balaban J connectivity index is 1.73. The molecule has 1 aromatic heterocycles. The van der Waals surface area contributed by atoms with Crippen molar-refractivity contribution in [3.63, 3.8) is 0 Å². The highest BCUT2D eigenvalue weighted by molar-refractivity contribution is 5.79. The van der Waals surface area contributed by atoms with E-state index in [0.717, 1.165) is 25.1 Å². The average molecular weight is 261 g/mol. The van der Waals surface area contributed by atoms with E-state index in [0.29, 0.717) is 11.8 Å². The fraction of sp³-hybridized carbons (Fsp3) is 0.643. The van der Waals surface area contributed by atoms with Crippen molar-refractivity contribution in [3.8, 4) is 0 Å². The fourth-order valence-corrected chi connectivity index (χ4v) is 2.14. The van der Waals surface area contributed by atoms with E-state index in [2.05, 4.69) is 10.4 Å². The Kier molecular flexibility index (Phi) is 3.12. The van der Waals surface area contributed by atoms with E-state index in [1.54, 1.807) is 13.0 Å². The molecular formula is C14H19N3O2. The van der Waals surface area contributed by atoms with Gasteiger partial charge in [0.15, 0.2) is 0 Å². The first-order valence-electron chi connectivity index (χ1n) is 7.02. The van der Waals surface area contributed by atoms with Gasteiger partial charge in [0.05, 0.1) is 5.69 Å². The molecule has 1 N–H and O–H groups in total. The summed E-state index contributed by atoms with van der Waals surface area (Å²) in [6.07, 6.45) is 4.66. The summed E-state index contributed by atoms with van der Waals surface area (Å²) in [5.41, 5.74) is 0.722. The Hall–Kier alpha value is -1.65. The SMILES string of the molecule is CC(C(=O)NCC1CC1)n1nc(C2CC2)ccc1=O. The first kappa shape index (κ1) is 12.4. The van der Waals surface area contributed by atoms with Crippen LogP contribution < -0.4 is 10.9 Å². The van der Waals surface area contributed by atoms with Crippen LogP contribution in [0.5, 0.6) is 0 Å². The highest BCUT2D eigenvalue weighted by atomic mass is 16.2. The molecule has 3 rings (SSSR count). The highest BCUT2D eigenvalue weighted by Crippen LogP contribution is 2.38.